The first-order valence-corrected chi connectivity index (χ1v) is 10.8. The molecule has 11 heteroatoms. The number of hydrogen-bond acceptors (Lipinski definition) is 7. The van der Waals surface area contributed by atoms with Gasteiger partial charge in [-0.1, -0.05) is 23.7 Å². The monoisotopic (exact) mass is 469 g/mol. The third-order valence-electron chi connectivity index (χ3n) is 5.36. The summed E-state index contributed by atoms with van der Waals surface area (Å²) < 4.78 is 3.02. The second-order valence-electron chi connectivity index (χ2n) is 7.55. The number of pyridine rings is 1. The number of anilines is 1. The quantitative estimate of drug-likeness (QED) is 0.285. The molecule has 5 N–H and O–H groups in total. The van der Waals surface area contributed by atoms with Crippen molar-refractivity contribution in [2.45, 2.75) is 19.5 Å². The summed E-state index contributed by atoms with van der Waals surface area (Å²) in [5.74, 6) is -0.383. The Morgan fingerprint density at radius 1 is 1.30 bits per heavy atom. The molecule has 0 aliphatic heterocycles. The number of hydrogen-bond donors (Lipinski definition) is 4. The first kappa shape index (κ1) is 22.7. The summed E-state index contributed by atoms with van der Waals surface area (Å²) in [6, 6.07) is 8.25. The summed E-state index contributed by atoms with van der Waals surface area (Å²) in [5.41, 5.74) is 6.85. The van der Waals surface area contributed by atoms with Crippen molar-refractivity contribution in [1.82, 2.24) is 29.8 Å². The normalized spacial score (nSPS) is 12.3. The van der Waals surface area contributed by atoms with E-state index in [1.54, 1.807) is 42.1 Å². The van der Waals surface area contributed by atoms with E-state index in [4.69, 9.17) is 22.4 Å². The van der Waals surface area contributed by atoms with Crippen molar-refractivity contribution >= 4 is 39.7 Å². The Bertz CT molecular complexity index is 1380. The number of carbonyl (C=O) groups excluding carboxylic acids is 1. The van der Waals surface area contributed by atoms with Crippen LogP contribution in [-0.2, 0) is 6.54 Å². The van der Waals surface area contributed by atoms with Crippen LogP contribution < -0.4 is 21.9 Å². The van der Waals surface area contributed by atoms with Crippen LogP contribution in [0.5, 0.6) is 0 Å². The Labute approximate surface area is 194 Å². The minimum Gasteiger partial charge on any atom is -0.395 e. The smallest absolute Gasteiger partial charge is 0.260 e. The number of nitrogens with two attached hydrogens (primary N) is 1. The standard InChI is InChI=1S/C22H24ClN7O3/c1-13(27-21(32)18-19(24)28-30-9-3-6-26-20(18)30)16-12-14-4-2-5-15(23)17(14)22(33)29(16)10-7-25-8-11-31/h2-6,9,12-13,25,31H,7-8,10-11H2,1H3,(H2,24,28)(H,27,32). The number of rotatable bonds is 8. The Balaban J connectivity index is 1.71. The van der Waals surface area contributed by atoms with Gasteiger partial charge >= 0.3 is 0 Å². The average molecular weight is 470 g/mol. The lowest BCUT2D eigenvalue weighted by Crippen LogP contribution is -2.35. The predicted octanol–water partition coefficient (Wildman–Crippen LogP) is 1.35. The molecule has 1 atom stereocenters. The van der Waals surface area contributed by atoms with Gasteiger partial charge in [0.05, 0.1) is 23.1 Å². The number of aromatic nitrogens is 4. The SMILES string of the molecule is CC(NC(=O)c1c(N)nn2cccnc12)c1cc2cccc(Cl)c2c(=O)n1CCNCCO. The van der Waals surface area contributed by atoms with Gasteiger partial charge in [-0.05, 0) is 30.5 Å². The largest absolute Gasteiger partial charge is 0.395 e. The van der Waals surface area contributed by atoms with Crippen molar-refractivity contribution in [2.75, 3.05) is 25.4 Å². The number of benzene rings is 1. The molecule has 4 aromatic rings. The summed E-state index contributed by atoms with van der Waals surface area (Å²) in [6.45, 7) is 2.97. The molecular weight excluding hydrogens is 446 g/mol. The molecule has 0 saturated heterocycles. The van der Waals surface area contributed by atoms with Gasteiger partial charge in [0.1, 0.15) is 5.56 Å². The second-order valence-corrected chi connectivity index (χ2v) is 7.95. The fourth-order valence-corrected chi connectivity index (χ4v) is 4.09. The molecule has 3 heterocycles. The summed E-state index contributed by atoms with van der Waals surface area (Å²) in [6.07, 6.45) is 3.21. The van der Waals surface area contributed by atoms with Crippen LogP contribution in [0.25, 0.3) is 16.4 Å². The number of nitrogens with zero attached hydrogens (tertiary/aromatic N) is 4. The van der Waals surface area contributed by atoms with E-state index >= 15 is 0 Å². The van der Waals surface area contributed by atoms with E-state index < -0.39 is 11.9 Å². The molecular formula is C22H24ClN7O3. The number of nitrogen functional groups attached to an aromatic ring is 1. The number of fused-ring (bicyclic) bond motifs is 2. The number of carbonyl (C=O) groups is 1. The van der Waals surface area contributed by atoms with Crippen molar-refractivity contribution in [3.63, 3.8) is 0 Å². The zero-order chi connectivity index (χ0) is 23.5. The van der Waals surface area contributed by atoms with Gasteiger partial charge in [-0.3, -0.25) is 9.59 Å². The Morgan fingerprint density at radius 2 is 2.12 bits per heavy atom. The molecule has 0 bridgehead atoms. The van der Waals surface area contributed by atoms with E-state index in [2.05, 4.69) is 20.7 Å². The van der Waals surface area contributed by atoms with Gasteiger partial charge in [0.15, 0.2) is 11.5 Å². The van der Waals surface area contributed by atoms with Crippen molar-refractivity contribution < 1.29 is 9.90 Å². The van der Waals surface area contributed by atoms with Gasteiger partial charge in [-0.25, -0.2) is 9.50 Å². The molecule has 0 radical (unpaired) electrons. The molecule has 0 aliphatic carbocycles. The van der Waals surface area contributed by atoms with Gasteiger partial charge in [0, 0.05) is 37.7 Å². The Kier molecular flexibility index (Phi) is 6.59. The molecule has 0 fully saturated rings. The van der Waals surface area contributed by atoms with E-state index in [0.717, 1.165) is 0 Å². The predicted molar refractivity (Wildman–Crippen MR) is 126 cm³/mol. The maximum Gasteiger partial charge on any atom is 0.260 e. The number of aliphatic hydroxyl groups is 1. The number of aliphatic hydroxyl groups excluding tert-OH is 1. The van der Waals surface area contributed by atoms with Crippen molar-refractivity contribution in [2.24, 2.45) is 0 Å². The molecule has 0 saturated carbocycles. The lowest BCUT2D eigenvalue weighted by Gasteiger charge is -2.21. The maximum atomic E-state index is 13.3. The number of nitrogens with one attached hydrogen (secondary N) is 2. The third-order valence-corrected chi connectivity index (χ3v) is 5.68. The van der Waals surface area contributed by atoms with Crippen LogP contribution >= 0.6 is 11.6 Å². The number of amides is 1. The van der Waals surface area contributed by atoms with Gasteiger partial charge in [0.25, 0.3) is 11.5 Å². The van der Waals surface area contributed by atoms with E-state index in [1.807, 2.05) is 12.1 Å². The molecule has 1 unspecified atom stereocenters. The molecule has 0 aliphatic rings. The fourth-order valence-electron chi connectivity index (χ4n) is 3.82. The van der Waals surface area contributed by atoms with Crippen LogP contribution in [0, 0.1) is 0 Å². The third kappa shape index (κ3) is 4.40. The van der Waals surface area contributed by atoms with Crippen LogP contribution in [0.15, 0.2) is 47.5 Å². The minimum atomic E-state index is -0.538. The van der Waals surface area contributed by atoms with Crippen LogP contribution in [0.2, 0.25) is 5.02 Å². The summed E-state index contributed by atoms with van der Waals surface area (Å²) >= 11 is 6.31. The van der Waals surface area contributed by atoms with Crippen LogP contribution in [-0.4, -0.2) is 49.9 Å². The average Bonchev–Trinajstić information content (AvgIpc) is 3.13. The van der Waals surface area contributed by atoms with Gasteiger partial charge in [0.2, 0.25) is 0 Å². The molecule has 1 aromatic carbocycles. The molecule has 3 aromatic heterocycles. The highest BCUT2D eigenvalue weighted by molar-refractivity contribution is 6.35. The van der Waals surface area contributed by atoms with Crippen LogP contribution in [0.1, 0.15) is 29.0 Å². The van der Waals surface area contributed by atoms with Crippen LogP contribution in [0.3, 0.4) is 0 Å². The second kappa shape index (κ2) is 9.57. The molecule has 33 heavy (non-hydrogen) atoms. The lowest BCUT2D eigenvalue weighted by atomic mass is 10.1. The highest BCUT2D eigenvalue weighted by Gasteiger charge is 2.23. The summed E-state index contributed by atoms with van der Waals surface area (Å²) in [7, 11) is 0. The molecule has 0 spiro atoms. The first-order chi connectivity index (χ1) is 15.9. The topological polar surface area (TPSA) is 140 Å². The Hall–Kier alpha value is -3.47. The summed E-state index contributed by atoms with van der Waals surface area (Å²) in [5, 5.41) is 20.6. The maximum absolute atomic E-state index is 13.3. The molecule has 4 rings (SSSR count). The van der Waals surface area contributed by atoms with Gasteiger partial charge in [-0.15, -0.1) is 5.10 Å². The van der Waals surface area contributed by atoms with Gasteiger partial charge in [-0.2, -0.15) is 0 Å². The zero-order valence-corrected chi connectivity index (χ0v) is 18.7. The minimum absolute atomic E-state index is 0.00707. The van der Waals surface area contributed by atoms with Crippen LogP contribution in [0.4, 0.5) is 5.82 Å². The first-order valence-electron chi connectivity index (χ1n) is 10.5. The molecule has 1 amide bonds. The van der Waals surface area contributed by atoms with E-state index in [1.165, 1.54) is 4.52 Å². The summed E-state index contributed by atoms with van der Waals surface area (Å²) in [4.78, 5) is 30.6. The fraction of sp³-hybridized carbons (Fsp3) is 0.273. The lowest BCUT2D eigenvalue weighted by molar-refractivity contribution is 0.0940. The van der Waals surface area contributed by atoms with E-state index in [0.29, 0.717) is 46.8 Å². The molecule has 172 valence electrons. The highest BCUT2D eigenvalue weighted by atomic mass is 35.5. The van der Waals surface area contributed by atoms with Crippen molar-refractivity contribution in [1.29, 1.82) is 0 Å². The number of halogens is 1. The van der Waals surface area contributed by atoms with E-state index in [-0.39, 0.29) is 23.5 Å². The van der Waals surface area contributed by atoms with Gasteiger partial charge < -0.3 is 26.0 Å². The van der Waals surface area contributed by atoms with Crippen molar-refractivity contribution in [3.05, 3.63) is 69.4 Å². The molecule has 10 nitrogen and oxygen atoms in total. The van der Waals surface area contributed by atoms with E-state index in [9.17, 15) is 9.59 Å². The van der Waals surface area contributed by atoms with Crippen molar-refractivity contribution in [3.8, 4) is 0 Å². The highest BCUT2D eigenvalue weighted by Crippen LogP contribution is 2.24. The zero-order valence-electron chi connectivity index (χ0n) is 18.0. The Morgan fingerprint density at radius 3 is 2.91 bits per heavy atom.